The Labute approximate surface area is 173 Å². The van der Waals surface area contributed by atoms with E-state index in [1.807, 2.05) is 24.3 Å². The number of hydrogen-bond donors (Lipinski definition) is 2. The molecular formula is C21H25BrN2O4. The Kier molecular flexibility index (Phi) is 8.32. The Morgan fingerprint density at radius 3 is 2.36 bits per heavy atom. The molecule has 6 nitrogen and oxygen atoms in total. The summed E-state index contributed by atoms with van der Waals surface area (Å²) in [6, 6.07) is 12.5. The minimum atomic E-state index is -0.455. The lowest BCUT2D eigenvalue weighted by Gasteiger charge is -2.12. The van der Waals surface area contributed by atoms with Gasteiger partial charge in [0, 0.05) is 5.56 Å². The third kappa shape index (κ3) is 6.88. The highest BCUT2D eigenvalue weighted by atomic mass is 79.9. The summed E-state index contributed by atoms with van der Waals surface area (Å²) in [7, 11) is 0. The third-order valence-electron chi connectivity index (χ3n) is 3.78. The van der Waals surface area contributed by atoms with E-state index in [0.717, 1.165) is 6.42 Å². The molecule has 0 aliphatic heterocycles. The Balaban J connectivity index is 1.80. The van der Waals surface area contributed by atoms with Crippen LogP contribution in [0.25, 0.3) is 0 Å². The van der Waals surface area contributed by atoms with Crippen molar-refractivity contribution in [1.29, 1.82) is 0 Å². The molecule has 0 fully saturated rings. The number of hydrogen-bond acceptors (Lipinski definition) is 4. The molecule has 2 amide bonds. The summed E-state index contributed by atoms with van der Waals surface area (Å²) in [6.07, 6.45) is 0.938. The van der Waals surface area contributed by atoms with E-state index in [4.69, 9.17) is 9.47 Å². The molecule has 0 saturated heterocycles. The fourth-order valence-corrected chi connectivity index (χ4v) is 2.71. The number of carbonyl (C=O) groups excluding carboxylic acids is 2. The van der Waals surface area contributed by atoms with Gasteiger partial charge in [-0.2, -0.15) is 0 Å². The lowest BCUT2D eigenvalue weighted by molar-refractivity contribution is -0.123. The SMILES string of the molecule is CCc1ccc(OCC(=O)NNC(=O)c2ccc(OCC(C)C)c(Br)c2)cc1. The molecule has 0 aliphatic rings. The molecule has 2 rings (SSSR count). The van der Waals surface area contributed by atoms with Crippen molar-refractivity contribution >= 4 is 27.7 Å². The second-order valence-corrected chi connectivity index (χ2v) is 7.49. The lowest BCUT2D eigenvalue weighted by Crippen LogP contribution is -2.43. The molecule has 0 saturated carbocycles. The summed E-state index contributed by atoms with van der Waals surface area (Å²) in [5, 5.41) is 0. The molecule has 2 aromatic carbocycles. The number of hydrazine groups is 1. The third-order valence-corrected chi connectivity index (χ3v) is 4.40. The van der Waals surface area contributed by atoms with E-state index in [2.05, 4.69) is 47.6 Å². The van der Waals surface area contributed by atoms with Crippen LogP contribution in [0.4, 0.5) is 0 Å². The van der Waals surface area contributed by atoms with Crippen molar-refractivity contribution in [1.82, 2.24) is 10.9 Å². The molecule has 0 spiro atoms. The number of nitrogens with one attached hydrogen (secondary N) is 2. The van der Waals surface area contributed by atoms with E-state index in [1.165, 1.54) is 5.56 Å². The molecule has 0 radical (unpaired) electrons. The molecule has 0 unspecified atom stereocenters. The van der Waals surface area contributed by atoms with Crippen LogP contribution in [0, 0.1) is 5.92 Å². The maximum absolute atomic E-state index is 12.2. The van der Waals surface area contributed by atoms with Gasteiger partial charge in [-0.25, -0.2) is 0 Å². The number of carbonyl (C=O) groups is 2. The van der Waals surface area contributed by atoms with Crippen LogP contribution in [-0.4, -0.2) is 25.0 Å². The van der Waals surface area contributed by atoms with Crippen molar-refractivity contribution in [3.63, 3.8) is 0 Å². The first-order valence-corrected chi connectivity index (χ1v) is 9.91. The average Bonchev–Trinajstić information content (AvgIpc) is 2.69. The predicted molar refractivity (Wildman–Crippen MR) is 111 cm³/mol. The van der Waals surface area contributed by atoms with Crippen molar-refractivity contribution in [3.8, 4) is 11.5 Å². The van der Waals surface area contributed by atoms with Crippen LogP contribution in [0.5, 0.6) is 11.5 Å². The zero-order chi connectivity index (χ0) is 20.5. The molecule has 2 N–H and O–H groups in total. The summed E-state index contributed by atoms with van der Waals surface area (Å²) in [4.78, 5) is 24.1. The summed E-state index contributed by atoms with van der Waals surface area (Å²) < 4.78 is 11.7. The Hall–Kier alpha value is -2.54. The van der Waals surface area contributed by atoms with Crippen LogP contribution < -0.4 is 20.3 Å². The van der Waals surface area contributed by atoms with Crippen molar-refractivity contribution in [3.05, 3.63) is 58.1 Å². The molecule has 0 bridgehead atoms. The quantitative estimate of drug-likeness (QED) is 0.600. The van der Waals surface area contributed by atoms with Gasteiger partial charge in [-0.3, -0.25) is 20.4 Å². The molecule has 0 aromatic heterocycles. The van der Waals surface area contributed by atoms with E-state index in [9.17, 15) is 9.59 Å². The summed E-state index contributed by atoms with van der Waals surface area (Å²) in [6.45, 7) is 6.57. The van der Waals surface area contributed by atoms with Crippen LogP contribution in [0.1, 0.15) is 36.7 Å². The highest BCUT2D eigenvalue weighted by Crippen LogP contribution is 2.26. The molecule has 2 aromatic rings. The highest BCUT2D eigenvalue weighted by Gasteiger charge is 2.11. The molecule has 0 aliphatic carbocycles. The second kappa shape index (κ2) is 10.7. The second-order valence-electron chi connectivity index (χ2n) is 6.64. The first kappa shape index (κ1) is 21.8. The van der Waals surface area contributed by atoms with Crippen molar-refractivity contribution in [2.45, 2.75) is 27.2 Å². The summed E-state index contributed by atoms with van der Waals surface area (Å²) in [5.41, 5.74) is 6.29. The maximum atomic E-state index is 12.2. The predicted octanol–water partition coefficient (Wildman–Crippen LogP) is 3.89. The van der Waals surface area contributed by atoms with Gasteiger partial charge in [0.2, 0.25) is 0 Å². The van der Waals surface area contributed by atoms with E-state index in [1.54, 1.807) is 18.2 Å². The molecule has 0 heterocycles. The zero-order valence-corrected chi connectivity index (χ0v) is 17.8. The van der Waals surface area contributed by atoms with Crippen LogP contribution >= 0.6 is 15.9 Å². The van der Waals surface area contributed by atoms with Gasteiger partial charge in [0.05, 0.1) is 11.1 Å². The van der Waals surface area contributed by atoms with E-state index < -0.39 is 11.8 Å². The first-order valence-electron chi connectivity index (χ1n) is 9.12. The molecule has 7 heteroatoms. The summed E-state index contributed by atoms with van der Waals surface area (Å²) in [5.74, 6) is 0.772. The highest BCUT2D eigenvalue weighted by molar-refractivity contribution is 9.10. The monoisotopic (exact) mass is 448 g/mol. The van der Waals surface area contributed by atoms with E-state index in [0.29, 0.717) is 34.1 Å². The minimum Gasteiger partial charge on any atom is -0.492 e. The topological polar surface area (TPSA) is 76.7 Å². The lowest BCUT2D eigenvalue weighted by atomic mass is 10.2. The number of rotatable bonds is 8. The van der Waals surface area contributed by atoms with Gasteiger partial charge in [0.1, 0.15) is 11.5 Å². The number of halogens is 1. The summed E-state index contributed by atoms with van der Waals surface area (Å²) >= 11 is 3.39. The normalized spacial score (nSPS) is 10.5. The number of amides is 2. The number of ether oxygens (including phenoxy) is 2. The smallest absolute Gasteiger partial charge is 0.276 e. The van der Waals surface area contributed by atoms with Gasteiger partial charge in [-0.1, -0.05) is 32.9 Å². The van der Waals surface area contributed by atoms with Crippen molar-refractivity contribution < 1.29 is 19.1 Å². The largest absolute Gasteiger partial charge is 0.492 e. The Morgan fingerprint density at radius 2 is 1.75 bits per heavy atom. The van der Waals surface area contributed by atoms with E-state index >= 15 is 0 Å². The molecular weight excluding hydrogens is 424 g/mol. The van der Waals surface area contributed by atoms with Gasteiger partial charge < -0.3 is 9.47 Å². The fourth-order valence-electron chi connectivity index (χ4n) is 2.22. The van der Waals surface area contributed by atoms with Gasteiger partial charge in [0.25, 0.3) is 11.8 Å². The van der Waals surface area contributed by atoms with Gasteiger partial charge >= 0.3 is 0 Å². The van der Waals surface area contributed by atoms with Crippen LogP contribution in [0.3, 0.4) is 0 Å². The minimum absolute atomic E-state index is 0.197. The van der Waals surface area contributed by atoms with Gasteiger partial charge in [0.15, 0.2) is 6.61 Å². The van der Waals surface area contributed by atoms with Gasteiger partial charge in [-0.05, 0) is 64.2 Å². The Bertz CT molecular complexity index is 807. The maximum Gasteiger partial charge on any atom is 0.276 e. The average molecular weight is 449 g/mol. The molecule has 28 heavy (non-hydrogen) atoms. The van der Waals surface area contributed by atoms with Crippen LogP contribution in [0.2, 0.25) is 0 Å². The van der Waals surface area contributed by atoms with Crippen molar-refractivity contribution in [2.24, 2.45) is 5.92 Å². The number of benzene rings is 2. The first-order chi connectivity index (χ1) is 13.4. The van der Waals surface area contributed by atoms with Crippen molar-refractivity contribution in [2.75, 3.05) is 13.2 Å². The molecule has 0 atom stereocenters. The van der Waals surface area contributed by atoms with Crippen LogP contribution in [0.15, 0.2) is 46.9 Å². The number of aryl methyl sites for hydroxylation is 1. The molecule has 150 valence electrons. The van der Waals surface area contributed by atoms with Gasteiger partial charge in [-0.15, -0.1) is 0 Å². The Morgan fingerprint density at radius 1 is 1.04 bits per heavy atom. The van der Waals surface area contributed by atoms with E-state index in [-0.39, 0.29) is 6.61 Å². The fraction of sp³-hybridized carbons (Fsp3) is 0.333. The standard InChI is InChI=1S/C21H25BrN2O4/c1-4-15-5-8-17(9-6-15)27-13-20(25)23-24-21(26)16-7-10-19(18(22)11-16)28-12-14(2)3/h5-11,14H,4,12-13H2,1-3H3,(H,23,25)(H,24,26). The zero-order valence-electron chi connectivity index (χ0n) is 16.3. The van der Waals surface area contributed by atoms with Crippen LogP contribution in [-0.2, 0) is 11.2 Å².